The van der Waals surface area contributed by atoms with Gasteiger partial charge in [-0.3, -0.25) is 9.59 Å². The van der Waals surface area contributed by atoms with Crippen LogP contribution in [0.3, 0.4) is 0 Å². The molecule has 0 radical (unpaired) electrons. The number of carbonyl (C=O) groups excluding carboxylic acids is 1. The Hall–Kier alpha value is -1.55. The van der Waals surface area contributed by atoms with E-state index in [4.69, 9.17) is 16.7 Å². The average molecular weight is 270 g/mol. The fourth-order valence-electron chi connectivity index (χ4n) is 1.50. The summed E-state index contributed by atoms with van der Waals surface area (Å²) in [6.45, 7) is 0.457. The normalized spacial score (nSPS) is 10.1. The highest BCUT2D eigenvalue weighted by molar-refractivity contribution is 6.30. The quantitative estimate of drug-likeness (QED) is 0.861. The summed E-state index contributed by atoms with van der Waals surface area (Å²) < 4.78 is 0. The molecule has 0 unspecified atom stereocenters. The molecule has 0 atom stereocenters. The maximum absolute atomic E-state index is 11.8. The Kier molecular flexibility index (Phi) is 5.65. The molecular weight excluding hydrogens is 254 g/mol. The molecule has 1 aromatic rings. The molecule has 0 bridgehead atoms. The van der Waals surface area contributed by atoms with Crippen LogP contribution in [0.2, 0.25) is 5.02 Å². The van der Waals surface area contributed by atoms with Gasteiger partial charge in [-0.1, -0.05) is 23.7 Å². The molecule has 18 heavy (non-hydrogen) atoms. The smallest absolute Gasteiger partial charge is 0.303 e. The molecule has 0 saturated carbocycles. The molecule has 0 aliphatic heterocycles. The number of likely N-dealkylation sites (N-methyl/N-ethyl adjacent to an activating group) is 1. The fourth-order valence-corrected chi connectivity index (χ4v) is 1.63. The standard InChI is InChI=1S/C13H16ClNO3/c1-15(8-2-3-13(17)18)12(16)9-10-4-6-11(14)7-5-10/h4-7H,2-3,8-9H2,1H3,(H,17,18). The zero-order valence-corrected chi connectivity index (χ0v) is 11.0. The second-order valence-corrected chi connectivity index (χ2v) is 4.55. The number of nitrogens with zero attached hydrogens (tertiary/aromatic N) is 1. The summed E-state index contributed by atoms with van der Waals surface area (Å²) in [4.78, 5) is 23.7. The third kappa shape index (κ3) is 5.19. The van der Waals surface area contributed by atoms with Crippen molar-refractivity contribution < 1.29 is 14.7 Å². The molecule has 0 heterocycles. The zero-order chi connectivity index (χ0) is 13.5. The molecule has 0 fully saturated rings. The topological polar surface area (TPSA) is 57.6 Å². The van der Waals surface area contributed by atoms with Gasteiger partial charge in [-0.15, -0.1) is 0 Å². The van der Waals surface area contributed by atoms with Crippen molar-refractivity contribution in [3.05, 3.63) is 34.9 Å². The lowest BCUT2D eigenvalue weighted by molar-refractivity contribution is -0.138. The SMILES string of the molecule is CN(CCCC(=O)O)C(=O)Cc1ccc(Cl)cc1. The van der Waals surface area contributed by atoms with E-state index in [1.165, 1.54) is 0 Å². The predicted molar refractivity (Wildman–Crippen MR) is 69.7 cm³/mol. The number of carboxylic acids is 1. The summed E-state index contributed by atoms with van der Waals surface area (Å²) >= 11 is 5.76. The van der Waals surface area contributed by atoms with Crippen molar-refractivity contribution >= 4 is 23.5 Å². The number of hydrogen-bond acceptors (Lipinski definition) is 2. The number of rotatable bonds is 6. The molecule has 0 aromatic heterocycles. The summed E-state index contributed by atoms with van der Waals surface area (Å²) in [5, 5.41) is 9.15. The molecular formula is C13H16ClNO3. The Morgan fingerprint density at radius 1 is 1.28 bits per heavy atom. The third-order valence-electron chi connectivity index (χ3n) is 2.58. The first-order valence-electron chi connectivity index (χ1n) is 5.69. The van der Waals surface area contributed by atoms with Crippen molar-refractivity contribution in [3.63, 3.8) is 0 Å². The van der Waals surface area contributed by atoms with Crippen LogP contribution < -0.4 is 0 Å². The molecule has 1 amide bonds. The second-order valence-electron chi connectivity index (χ2n) is 4.12. The number of halogens is 1. The molecule has 4 nitrogen and oxygen atoms in total. The highest BCUT2D eigenvalue weighted by Gasteiger charge is 2.10. The molecule has 1 N–H and O–H groups in total. The van der Waals surface area contributed by atoms with Gasteiger partial charge in [-0.05, 0) is 24.1 Å². The molecule has 0 aliphatic rings. The van der Waals surface area contributed by atoms with Crippen LogP contribution in [0, 0.1) is 0 Å². The van der Waals surface area contributed by atoms with E-state index in [0.29, 0.717) is 24.4 Å². The molecule has 5 heteroatoms. The minimum atomic E-state index is -0.839. The third-order valence-corrected chi connectivity index (χ3v) is 2.83. The molecule has 0 spiro atoms. The number of amides is 1. The van der Waals surface area contributed by atoms with Gasteiger partial charge in [0.05, 0.1) is 6.42 Å². The number of aliphatic carboxylic acids is 1. The first kappa shape index (κ1) is 14.5. The minimum absolute atomic E-state index is 0.0253. The van der Waals surface area contributed by atoms with Crippen molar-refractivity contribution in [2.75, 3.05) is 13.6 Å². The van der Waals surface area contributed by atoms with Crippen LogP contribution in [0.15, 0.2) is 24.3 Å². The summed E-state index contributed by atoms with van der Waals surface area (Å²) in [5.41, 5.74) is 0.898. The van der Waals surface area contributed by atoms with Gasteiger partial charge in [-0.25, -0.2) is 0 Å². The lowest BCUT2D eigenvalue weighted by Gasteiger charge is -2.16. The van der Waals surface area contributed by atoms with E-state index in [-0.39, 0.29) is 12.3 Å². The molecule has 0 saturated heterocycles. The van der Waals surface area contributed by atoms with Crippen LogP contribution in [-0.2, 0) is 16.0 Å². The van der Waals surface area contributed by atoms with E-state index in [9.17, 15) is 9.59 Å². The van der Waals surface area contributed by atoms with Crippen LogP contribution in [0.25, 0.3) is 0 Å². The maximum atomic E-state index is 11.8. The first-order chi connectivity index (χ1) is 8.49. The summed E-state index contributed by atoms with van der Waals surface area (Å²) in [7, 11) is 1.68. The Morgan fingerprint density at radius 3 is 2.44 bits per heavy atom. The Bertz CT molecular complexity index is 417. The number of carboxylic acid groups (broad SMARTS) is 1. The largest absolute Gasteiger partial charge is 0.481 e. The highest BCUT2D eigenvalue weighted by Crippen LogP contribution is 2.10. The van der Waals surface area contributed by atoms with Gasteiger partial charge in [-0.2, -0.15) is 0 Å². The van der Waals surface area contributed by atoms with Gasteiger partial charge >= 0.3 is 5.97 Å². The summed E-state index contributed by atoms with van der Waals surface area (Å²) in [6.07, 6.45) is 0.859. The van der Waals surface area contributed by atoms with Crippen LogP contribution >= 0.6 is 11.6 Å². The number of hydrogen-bond donors (Lipinski definition) is 1. The van der Waals surface area contributed by atoms with Crippen LogP contribution in [-0.4, -0.2) is 35.5 Å². The van der Waals surface area contributed by atoms with Gasteiger partial charge < -0.3 is 10.0 Å². The lowest BCUT2D eigenvalue weighted by atomic mass is 10.1. The molecule has 98 valence electrons. The van der Waals surface area contributed by atoms with Gasteiger partial charge in [0.15, 0.2) is 0 Å². The van der Waals surface area contributed by atoms with Gasteiger partial charge in [0.1, 0.15) is 0 Å². The molecule has 1 aromatic carbocycles. The van der Waals surface area contributed by atoms with E-state index in [1.54, 1.807) is 24.1 Å². The first-order valence-corrected chi connectivity index (χ1v) is 6.07. The van der Waals surface area contributed by atoms with Crippen molar-refractivity contribution in [2.45, 2.75) is 19.3 Å². The molecule has 0 aliphatic carbocycles. The summed E-state index contributed by atoms with van der Waals surface area (Å²) in [6, 6.07) is 7.11. The van der Waals surface area contributed by atoms with E-state index in [1.807, 2.05) is 12.1 Å². The maximum Gasteiger partial charge on any atom is 0.303 e. The number of benzene rings is 1. The summed E-state index contributed by atoms with van der Waals surface area (Å²) in [5.74, 6) is -0.865. The Morgan fingerprint density at radius 2 is 1.89 bits per heavy atom. The van der Waals surface area contributed by atoms with E-state index in [2.05, 4.69) is 0 Å². The van der Waals surface area contributed by atoms with E-state index < -0.39 is 5.97 Å². The zero-order valence-electron chi connectivity index (χ0n) is 10.2. The van der Waals surface area contributed by atoms with E-state index >= 15 is 0 Å². The Balaban J connectivity index is 2.39. The fraction of sp³-hybridized carbons (Fsp3) is 0.385. The van der Waals surface area contributed by atoms with Crippen molar-refractivity contribution in [3.8, 4) is 0 Å². The lowest BCUT2D eigenvalue weighted by Crippen LogP contribution is -2.29. The monoisotopic (exact) mass is 269 g/mol. The van der Waals surface area contributed by atoms with Crippen LogP contribution in [0.4, 0.5) is 0 Å². The van der Waals surface area contributed by atoms with E-state index in [0.717, 1.165) is 5.56 Å². The number of carbonyl (C=O) groups is 2. The molecule has 1 rings (SSSR count). The average Bonchev–Trinajstić information content (AvgIpc) is 2.31. The van der Waals surface area contributed by atoms with Crippen LogP contribution in [0.1, 0.15) is 18.4 Å². The highest BCUT2D eigenvalue weighted by atomic mass is 35.5. The van der Waals surface area contributed by atoms with Gasteiger partial charge in [0.2, 0.25) is 5.91 Å². The Labute approximate surface area is 111 Å². The van der Waals surface area contributed by atoms with Gasteiger partial charge in [0.25, 0.3) is 0 Å². The van der Waals surface area contributed by atoms with Crippen molar-refractivity contribution in [1.29, 1.82) is 0 Å². The second kappa shape index (κ2) is 7.01. The van der Waals surface area contributed by atoms with Crippen LogP contribution in [0.5, 0.6) is 0 Å². The van der Waals surface area contributed by atoms with Crippen molar-refractivity contribution in [2.24, 2.45) is 0 Å². The minimum Gasteiger partial charge on any atom is -0.481 e. The van der Waals surface area contributed by atoms with Gasteiger partial charge in [0, 0.05) is 25.0 Å². The predicted octanol–water partition coefficient (Wildman–Crippen LogP) is 2.21. The van der Waals surface area contributed by atoms with Crippen molar-refractivity contribution in [1.82, 2.24) is 4.90 Å².